The number of aliphatic imine (C=N–C) groups is 1. The number of esters is 1. The summed E-state index contributed by atoms with van der Waals surface area (Å²) in [5.41, 5.74) is 0.415. The van der Waals surface area contributed by atoms with Crippen LogP contribution in [0.3, 0.4) is 0 Å². The van der Waals surface area contributed by atoms with E-state index in [2.05, 4.69) is 9.71 Å². The lowest BCUT2D eigenvalue weighted by atomic mass is 10.2. The van der Waals surface area contributed by atoms with Crippen molar-refractivity contribution in [2.45, 2.75) is 43.5 Å². The van der Waals surface area contributed by atoms with E-state index in [9.17, 15) is 18.0 Å². The quantitative estimate of drug-likeness (QED) is 0.770. The summed E-state index contributed by atoms with van der Waals surface area (Å²) in [7, 11) is -3.66. The van der Waals surface area contributed by atoms with Crippen molar-refractivity contribution in [3.63, 3.8) is 0 Å². The van der Waals surface area contributed by atoms with E-state index in [1.807, 2.05) is 0 Å². The SMILES string of the molecule is C[C@H](N=C1NS(=O)(=O)c2ccccc21)C(=O)OCC(=O)N1CCCCCC1. The third-order valence-corrected chi connectivity index (χ3v) is 6.02. The van der Waals surface area contributed by atoms with E-state index in [1.54, 1.807) is 23.1 Å². The minimum atomic E-state index is -3.66. The van der Waals surface area contributed by atoms with E-state index in [0.29, 0.717) is 18.7 Å². The van der Waals surface area contributed by atoms with Crippen molar-refractivity contribution in [2.75, 3.05) is 19.7 Å². The Hall–Kier alpha value is -2.42. The molecule has 2 aliphatic rings. The first kappa shape index (κ1) is 19.3. The zero-order chi connectivity index (χ0) is 19.4. The largest absolute Gasteiger partial charge is 0.454 e. The lowest BCUT2D eigenvalue weighted by Gasteiger charge is -2.20. The van der Waals surface area contributed by atoms with Gasteiger partial charge in [-0.05, 0) is 31.9 Å². The summed E-state index contributed by atoms with van der Waals surface area (Å²) < 4.78 is 31.6. The molecule has 1 fully saturated rings. The molecule has 0 aromatic heterocycles. The first-order chi connectivity index (χ1) is 12.9. The van der Waals surface area contributed by atoms with E-state index in [-0.39, 0.29) is 23.2 Å². The minimum Gasteiger partial charge on any atom is -0.454 e. The minimum absolute atomic E-state index is 0.105. The van der Waals surface area contributed by atoms with Crippen LogP contribution in [0, 0.1) is 0 Å². The van der Waals surface area contributed by atoms with Gasteiger partial charge in [-0.1, -0.05) is 25.0 Å². The third kappa shape index (κ3) is 4.47. The van der Waals surface area contributed by atoms with Gasteiger partial charge in [-0.25, -0.2) is 13.2 Å². The highest BCUT2D eigenvalue weighted by Crippen LogP contribution is 2.22. The molecule has 146 valence electrons. The molecule has 2 heterocycles. The molecule has 0 spiro atoms. The van der Waals surface area contributed by atoms with Crippen molar-refractivity contribution >= 4 is 27.7 Å². The molecule has 1 atom stereocenters. The van der Waals surface area contributed by atoms with Crippen LogP contribution in [0.4, 0.5) is 0 Å². The Morgan fingerprint density at radius 1 is 1.19 bits per heavy atom. The maximum Gasteiger partial charge on any atom is 0.331 e. The van der Waals surface area contributed by atoms with Gasteiger partial charge in [0.1, 0.15) is 11.9 Å². The molecule has 0 saturated carbocycles. The average molecular weight is 393 g/mol. The Bertz CT molecular complexity index is 858. The summed E-state index contributed by atoms with van der Waals surface area (Å²) in [5.74, 6) is -0.778. The van der Waals surface area contributed by atoms with Crippen LogP contribution in [0.15, 0.2) is 34.2 Å². The van der Waals surface area contributed by atoms with Gasteiger partial charge in [-0.15, -0.1) is 0 Å². The number of amidine groups is 1. The van der Waals surface area contributed by atoms with E-state index < -0.39 is 22.0 Å². The van der Waals surface area contributed by atoms with Crippen LogP contribution in [0.2, 0.25) is 0 Å². The molecule has 1 N–H and O–H groups in total. The van der Waals surface area contributed by atoms with Gasteiger partial charge < -0.3 is 9.64 Å². The smallest absolute Gasteiger partial charge is 0.331 e. The fourth-order valence-electron chi connectivity index (χ4n) is 3.14. The number of fused-ring (bicyclic) bond motifs is 1. The fraction of sp³-hybridized carbons (Fsp3) is 0.500. The molecular formula is C18H23N3O5S. The monoisotopic (exact) mass is 393 g/mol. The molecule has 1 aromatic rings. The van der Waals surface area contributed by atoms with Crippen molar-refractivity contribution < 1.29 is 22.7 Å². The average Bonchev–Trinajstić information content (AvgIpc) is 2.84. The van der Waals surface area contributed by atoms with Gasteiger partial charge >= 0.3 is 5.97 Å². The maximum absolute atomic E-state index is 12.2. The molecule has 1 aromatic carbocycles. The van der Waals surface area contributed by atoms with Crippen LogP contribution in [0.1, 0.15) is 38.2 Å². The summed E-state index contributed by atoms with van der Waals surface area (Å²) in [4.78, 5) is 30.4. The Labute approximate surface area is 158 Å². The van der Waals surface area contributed by atoms with Gasteiger partial charge in [0.05, 0.1) is 4.90 Å². The highest BCUT2D eigenvalue weighted by atomic mass is 32.2. The number of carbonyl (C=O) groups excluding carboxylic acids is 2. The second-order valence-electron chi connectivity index (χ2n) is 6.66. The summed E-state index contributed by atoms with van der Waals surface area (Å²) >= 11 is 0. The summed E-state index contributed by atoms with van der Waals surface area (Å²) in [5, 5.41) is 0. The van der Waals surface area contributed by atoms with Crippen molar-refractivity contribution in [2.24, 2.45) is 4.99 Å². The Balaban J connectivity index is 1.61. The molecule has 0 aliphatic carbocycles. The van der Waals surface area contributed by atoms with Crippen LogP contribution in [-0.4, -0.2) is 56.8 Å². The molecule has 27 heavy (non-hydrogen) atoms. The van der Waals surface area contributed by atoms with Gasteiger partial charge in [0.25, 0.3) is 15.9 Å². The second kappa shape index (κ2) is 8.08. The van der Waals surface area contributed by atoms with Crippen molar-refractivity contribution in [3.05, 3.63) is 29.8 Å². The number of likely N-dealkylation sites (tertiary alicyclic amines) is 1. The number of carbonyl (C=O) groups is 2. The summed E-state index contributed by atoms with van der Waals surface area (Å²) in [6, 6.07) is 5.47. The molecule has 9 heteroatoms. The van der Waals surface area contributed by atoms with Crippen LogP contribution in [-0.2, 0) is 24.3 Å². The van der Waals surface area contributed by atoms with Crippen LogP contribution >= 0.6 is 0 Å². The number of rotatable bonds is 4. The lowest BCUT2D eigenvalue weighted by Crippen LogP contribution is -2.36. The van der Waals surface area contributed by atoms with E-state index >= 15 is 0 Å². The van der Waals surface area contributed by atoms with Gasteiger partial charge in [0, 0.05) is 18.7 Å². The Kier molecular flexibility index (Phi) is 5.79. The zero-order valence-corrected chi connectivity index (χ0v) is 16.0. The van der Waals surface area contributed by atoms with Gasteiger partial charge in [-0.2, -0.15) is 0 Å². The third-order valence-electron chi connectivity index (χ3n) is 4.62. The number of sulfonamides is 1. The number of ether oxygens (including phenoxy) is 1. The molecule has 1 amide bonds. The number of nitrogens with zero attached hydrogens (tertiary/aromatic N) is 2. The Morgan fingerprint density at radius 3 is 2.56 bits per heavy atom. The topological polar surface area (TPSA) is 105 Å². The van der Waals surface area contributed by atoms with Crippen molar-refractivity contribution in [1.29, 1.82) is 0 Å². The van der Waals surface area contributed by atoms with Gasteiger partial charge in [-0.3, -0.25) is 14.5 Å². The molecule has 3 rings (SSSR count). The molecule has 0 radical (unpaired) electrons. The predicted octanol–water partition coefficient (Wildman–Crippen LogP) is 1.06. The standard InChI is InChI=1S/C18H23N3O5S/c1-13(18(23)26-12-16(22)21-10-6-2-3-7-11-21)19-17-14-8-4-5-9-15(14)27(24,25)20-17/h4-5,8-9,13H,2-3,6-7,10-12H2,1H3,(H,19,20)/t13-/m0/s1. The van der Waals surface area contributed by atoms with Crippen LogP contribution in [0.5, 0.6) is 0 Å². The first-order valence-electron chi connectivity index (χ1n) is 9.03. The number of benzene rings is 1. The molecule has 1 saturated heterocycles. The Morgan fingerprint density at radius 2 is 1.85 bits per heavy atom. The number of amides is 1. The highest BCUT2D eigenvalue weighted by Gasteiger charge is 2.31. The van der Waals surface area contributed by atoms with Crippen molar-refractivity contribution in [3.8, 4) is 0 Å². The van der Waals surface area contributed by atoms with E-state index in [1.165, 1.54) is 13.0 Å². The van der Waals surface area contributed by atoms with Crippen molar-refractivity contribution in [1.82, 2.24) is 9.62 Å². The van der Waals surface area contributed by atoms with Crippen LogP contribution < -0.4 is 4.72 Å². The number of hydrogen-bond donors (Lipinski definition) is 1. The van der Waals surface area contributed by atoms with Gasteiger partial charge in [0.15, 0.2) is 6.61 Å². The maximum atomic E-state index is 12.2. The molecular weight excluding hydrogens is 370 g/mol. The summed E-state index contributed by atoms with van der Waals surface area (Å²) in [6.07, 6.45) is 4.14. The second-order valence-corrected chi connectivity index (χ2v) is 8.31. The molecule has 0 unspecified atom stereocenters. The highest BCUT2D eigenvalue weighted by molar-refractivity contribution is 7.90. The zero-order valence-electron chi connectivity index (χ0n) is 15.2. The van der Waals surface area contributed by atoms with E-state index in [0.717, 1.165) is 25.7 Å². The van der Waals surface area contributed by atoms with E-state index in [4.69, 9.17) is 4.74 Å². The molecule has 2 aliphatic heterocycles. The van der Waals surface area contributed by atoms with Gasteiger partial charge in [0.2, 0.25) is 0 Å². The molecule has 0 bridgehead atoms. The predicted molar refractivity (Wildman–Crippen MR) is 98.8 cm³/mol. The normalized spacial score (nSPS) is 21.1. The number of hydrogen-bond acceptors (Lipinski definition) is 6. The fourth-order valence-corrected chi connectivity index (χ4v) is 4.38. The van der Waals surface area contributed by atoms with Crippen LogP contribution in [0.25, 0.3) is 0 Å². The summed E-state index contributed by atoms with van der Waals surface area (Å²) in [6.45, 7) is 2.55. The molecule has 8 nitrogen and oxygen atoms in total. The lowest BCUT2D eigenvalue weighted by molar-refractivity contribution is -0.152. The first-order valence-corrected chi connectivity index (χ1v) is 10.5. The number of nitrogens with one attached hydrogen (secondary N) is 1.